The zero-order valence-electron chi connectivity index (χ0n) is 12.1. The van der Waals surface area contributed by atoms with Crippen molar-refractivity contribution in [3.63, 3.8) is 0 Å². The van der Waals surface area contributed by atoms with E-state index in [1.54, 1.807) is 0 Å². The number of urea groups is 1. The van der Waals surface area contributed by atoms with Crippen molar-refractivity contribution in [2.24, 2.45) is 5.92 Å². The van der Waals surface area contributed by atoms with Crippen LogP contribution >= 0.6 is 0 Å². The second-order valence-corrected chi connectivity index (χ2v) is 5.60. The molecule has 2 amide bonds. The number of hydrogen-bond donors (Lipinski definition) is 2. The monoisotopic (exact) mass is 276 g/mol. The molecule has 1 heterocycles. The molecule has 1 saturated heterocycles. The predicted octanol–water partition coefficient (Wildman–Crippen LogP) is 1.95. The maximum atomic E-state index is 12.0. The molecular formula is C16H24N2O2. The van der Waals surface area contributed by atoms with E-state index < -0.39 is 0 Å². The number of amides is 2. The summed E-state index contributed by atoms with van der Waals surface area (Å²) in [7, 11) is 0. The Balaban J connectivity index is 1.73. The molecule has 4 heteroatoms. The van der Waals surface area contributed by atoms with E-state index in [1.807, 2.05) is 4.90 Å². The lowest BCUT2D eigenvalue weighted by molar-refractivity contribution is 0.129. The molecule has 2 rings (SSSR count). The molecule has 0 saturated carbocycles. The summed E-state index contributed by atoms with van der Waals surface area (Å²) < 4.78 is 0. The van der Waals surface area contributed by atoms with Crippen molar-refractivity contribution in [1.82, 2.24) is 10.2 Å². The molecule has 0 spiro atoms. The highest BCUT2D eigenvalue weighted by molar-refractivity contribution is 5.74. The van der Waals surface area contributed by atoms with Crippen molar-refractivity contribution < 1.29 is 9.90 Å². The smallest absolute Gasteiger partial charge is 0.317 e. The minimum atomic E-state index is -0.00439. The van der Waals surface area contributed by atoms with Crippen LogP contribution in [0.15, 0.2) is 24.3 Å². The summed E-state index contributed by atoms with van der Waals surface area (Å²) in [4.78, 5) is 13.9. The summed E-state index contributed by atoms with van der Waals surface area (Å²) in [6.07, 6.45) is 2.85. The van der Waals surface area contributed by atoms with Gasteiger partial charge in [0.15, 0.2) is 0 Å². The Bertz CT molecular complexity index is 431. The van der Waals surface area contributed by atoms with E-state index in [4.69, 9.17) is 0 Å². The largest absolute Gasteiger partial charge is 0.396 e. The SMILES string of the molecule is Cc1ccc(CCNC(=O)N2CCCC(CO)C2)cc1. The lowest BCUT2D eigenvalue weighted by Crippen LogP contribution is -2.46. The molecular weight excluding hydrogens is 252 g/mol. The van der Waals surface area contributed by atoms with Crippen molar-refractivity contribution in [2.75, 3.05) is 26.2 Å². The molecule has 4 nitrogen and oxygen atoms in total. The Kier molecular flexibility index (Phi) is 5.41. The molecule has 20 heavy (non-hydrogen) atoms. The van der Waals surface area contributed by atoms with Crippen molar-refractivity contribution in [3.05, 3.63) is 35.4 Å². The van der Waals surface area contributed by atoms with Crippen LogP contribution in [0.4, 0.5) is 4.79 Å². The van der Waals surface area contributed by atoms with Crippen LogP contribution in [0.2, 0.25) is 0 Å². The van der Waals surface area contributed by atoms with E-state index in [0.717, 1.165) is 25.8 Å². The Morgan fingerprint density at radius 3 is 2.85 bits per heavy atom. The topological polar surface area (TPSA) is 52.6 Å². The van der Waals surface area contributed by atoms with E-state index in [9.17, 15) is 9.90 Å². The molecule has 2 N–H and O–H groups in total. The molecule has 1 aromatic rings. The first-order chi connectivity index (χ1) is 9.69. The Morgan fingerprint density at radius 1 is 1.40 bits per heavy atom. The molecule has 0 bridgehead atoms. The molecule has 1 aromatic carbocycles. The average Bonchev–Trinajstić information content (AvgIpc) is 2.49. The number of benzene rings is 1. The highest BCUT2D eigenvalue weighted by Crippen LogP contribution is 2.15. The molecule has 1 aliphatic heterocycles. The van der Waals surface area contributed by atoms with Gasteiger partial charge in [-0.3, -0.25) is 0 Å². The zero-order chi connectivity index (χ0) is 14.4. The first-order valence-corrected chi connectivity index (χ1v) is 7.38. The van der Waals surface area contributed by atoms with Gasteiger partial charge in [0.1, 0.15) is 0 Å². The second-order valence-electron chi connectivity index (χ2n) is 5.60. The quantitative estimate of drug-likeness (QED) is 0.883. The van der Waals surface area contributed by atoms with Crippen LogP contribution in [0.25, 0.3) is 0 Å². The molecule has 1 unspecified atom stereocenters. The van der Waals surface area contributed by atoms with Crippen LogP contribution in [0.3, 0.4) is 0 Å². The number of aryl methyl sites for hydroxylation is 1. The molecule has 1 aliphatic rings. The molecule has 1 fully saturated rings. The van der Waals surface area contributed by atoms with Crippen molar-refractivity contribution in [1.29, 1.82) is 0 Å². The van der Waals surface area contributed by atoms with E-state index in [2.05, 4.69) is 36.5 Å². The van der Waals surface area contributed by atoms with Gasteiger partial charge in [0.05, 0.1) is 0 Å². The van der Waals surface area contributed by atoms with Gasteiger partial charge in [0.25, 0.3) is 0 Å². The number of rotatable bonds is 4. The standard InChI is InChI=1S/C16H24N2O2/c1-13-4-6-14(7-5-13)8-9-17-16(20)18-10-2-3-15(11-18)12-19/h4-7,15,19H,2-3,8-12H2,1H3,(H,17,20). The summed E-state index contributed by atoms with van der Waals surface area (Å²) in [6, 6.07) is 8.38. The molecule has 0 aromatic heterocycles. The number of carbonyl (C=O) groups is 1. The van der Waals surface area contributed by atoms with Crippen molar-refractivity contribution in [3.8, 4) is 0 Å². The fourth-order valence-electron chi connectivity index (χ4n) is 2.58. The average molecular weight is 276 g/mol. The number of piperidine rings is 1. The maximum Gasteiger partial charge on any atom is 0.317 e. The lowest BCUT2D eigenvalue weighted by atomic mass is 9.99. The minimum Gasteiger partial charge on any atom is -0.396 e. The first-order valence-electron chi connectivity index (χ1n) is 7.38. The maximum absolute atomic E-state index is 12.0. The summed E-state index contributed by atoms with van der Waals surface area (Å²) in [5.41, 5.74) is 2.49. The number of nitrogens with one attached hydrogen (secondary N) is 1. The number of likely N-dealkylation sites (tertiary alicyclic amines) is 1. The fraction of sp³-hybridized carbons (Fsp3) is 0.562. The van der Waals surface area contributed by atoms with Gasteiger partial charge >= 0.3 is 6.03 Å². The first kappa shape index (κ1) is 14.9. The van der Waals surface area contributed by atoms with Crippen LogP contribution in [0, 0.1) is 12.8 Å². The summed E-state index contributed by atoms with van der Waals surface area (Å²) in [6.45, 7) is 4.37. The Morgan fingerprint density at radius 2 is 2.15 bits per heavy atom. The Hall–Kier alpha value is -1.55. The van der Waals surface area contributed by atoms with Crippen LogP contribution < -0.4 is 5.32 Å². The van der Waals surface area contributed by atoms with Crippen LogP contribution in [-0.4, -0.2) is 42.3 Å². The van der Waals surface area contributed by atoms with E-state index in [-0.39, 0.29) is 18.6 Å². The van der Waals surface area contributed by atoms with Gasteiger partial charge in [-0.05, 0) is 37.7 Å². The number of hydrogen-bond acceptors (Lipinski definition) is 2. The minimum absolute atomic E-state index is 0.00439. The van der Waals surface area contributed by atoms with Crippen LogP contribution in [0.5, 0.6) is 0 Å². The van der Waals surface area contributed by atoms with Gasteiger partial charge < -0.3 is 15.3 Å². The van der Waals surface area contributed by atoms with E-state index in [0.29, 0.717) is 13.1 Å². The second kappa shape index (κ2) is 7.29. The molecule has 110 valence electrons. The number of carbonyl (C=O) groups excluding carboxylic acids is 1. The van der Waals surface area contributed by atoms with Gasteiger partial charge in [-0.25, -0.2) is 4.79 Å². The van der Waals surface area contributed by atoms with E-state index >= 15 is 0 Å². The normalized spacial score (nSPS) is 18.9. The number of aliphatic hydroxyl groups is 1. The molecule has 0 radical (unpaired) electrons. The van der Waals surface area contributed by atoms with Crippen molar-refractivity contribution >= 4 is 6.03 Å². The number of aliphatic hydroxyl groups excluding tert-OH is 1. The van der Waals surface area contributed by atoms with Crippen LogP contribution in [-0.2, 0) is 6.42 Å². The third kappa shape index (κ3) is 4.23. The Labute approximate surface area is 120 Å². The van der Waals surface area contributed by atoms with E-state index in [1.165, 1.54) is 11.1 Å². The van der Waals surface area contributed by atoms with Crippen LogP contribution in [0.1, 0.15) is 24.0 Å². The van der Waals surface area contributed by atoms with Gasteiger partial charge in [-0.1, -0.05) is 29.8 Å². The van der Waals surface area contributed by atoms with Gasteiger partial charge in [0.2, 0.25) is 0 Å². The van der Waals surface area contributed by atoms with Crippen molar-refractivity contribution in [2.45, 2.75) is 26.2 Å². The highest BCUT2D eigenvalue weighted by Gasteiger charge is 2.22. The number of nitrogens with zero attached hydrogens (tertiary/aromatic N) is 1. The third-order valence-corrected chi connectivity index (χ3v) is 3.87. The van der Waals surface area contributed by atoms with Gasteiger partial charge in [-0.15, -0.1) is 0 Å². The zero-order valence-corrected chi connectivity index (χ0v) is 12.1. The molecule has 1 atom stereocenters. The van der Waals surface area contributed by atoms with Gasteiger partial charge in [0, 0.05) is 26.2 Å². The fourth-order valence-corrected chi connectivity index (χ4v) is 2.58. The van der Waals surface area contributed by atoms with Gasteiger partial charge in [-0.2, -0.15) is 0 Å². The summed E-state index contributed by atoms with van der Waals surface area (Å²) >= 11 is 0. The lowest BCUT2D eigenvalue weighted by Gasteiger charge is -2.31. The third-order valence-electron chi connectivity index (χ3n) is 3.87. The highest BCUT2D eigenvalue weighted by atomic mass is 16.3. The summed E-state index contributed by atoms with van der Waals surface area (Å²) in [5, 5.41) is 12.1. The predicted molar refractivity (Wildman–Crippen MR) is 79.7 cm³/mol. The molecule has 0 aliphatic carbocycles. The summed E-state index contributed by atoms with van der Waals surface area (Å²) in [5.74, 6) is 0.242.